The van der Waals surface area contributed by atoms with Crippen LogP contribution in [0.1, 0.15) is 457 Å². The van der Waals surface area contributed by atoms with Crippen molar-refractivity contribution in [3.63, 3.8) is 0 Å². The van der Waals surface area contributed by atoms with Crippen molar-refractivity contribution in [3.05, 3.63) is 24.3 Å². The zero-order chi connectivity index (χ0) is 62.8. The van der Waals surface area contributed by atoms with Crippen molar-refractivity contribution in [2.75, 3.05) is 13.2 Å². The molecule has 87 heavy (non-hydrogen) atoms. The minimum absolute atomic E-state index is 0.0180. The van der Waals surface area contributed by atoms with Gasteiger partial charge in [-0.05, 0) is 57.8 Å². The largest absolute Gasteiger partial charge is 0.466 e. The van der Waals surface area contributed by atoms with Crippen LogP contribution in [0.3, 0.4) is 0 Å². The molecular weight excluding hydrogens is 1070 g/mol. The molecule has 0 aromatic carbocycles. The van der Waals surface area contributed by atoms with Gasteiger partial charge in [0.15, 0.2) is 0 Å². The Bertz CT molecular complexity index is 1360. The summed E-state index contributed by atoms with van der Waals surface area (Å²) in [6, 6.07) is -0.544. The fourth-order valence-corrected chi connectivity index (χ4v) is 12.9. The van der Waals surface area contributed by atoms with Crippen LogP contribution in [0.15, 0.2) is 24.3 Å². The highest BCUT2D eigenvalue weighted by Gasteiger charge is 2.20. The Kier molecular flexibility index (Phi) is 75.3. The molecule has 0 fully saturated rings. The van der Waals surface area contributed by atoms with Crippen LogP contribution >= 0.6 is 0 Å². The maximum absolute atomic E-state index is 12.6. The number of aliphatic hydroxyl groups excluding tert-OH is 2. The zero-order valence-electron chi connectivity index (χ0n) is 59.3. The fourth-order valence-electron chi connectivity index (χ4n) is 12.9. The normalized spacial score (nSPS) is 12.6. The van der Waals surface area contributed by atoms with Crippen LogP contribution in [-0.4, -0.2) is 47.4 Å². The topological polar surface area (TPSA) is 95.9 Å². The molecule has 516 valence electrons. The van der Waals surface area contributed by atoms with Crippen molar-refractivity contribution < 1.29 is 24.5 Å². The first-order chi connectivity index (χ1) is 43.0. The minimum Gasteiger partial charge on any atom is -0.466 e. The van der Waals surface area contributed by atoms with E-state index >= 15 is 0 Å². The molecule has 0 aromatic rings. The Morgan fingerprint density at radius 2 is 0.575 bits per heavy atom. The van der Waals surface area contributed by atoms with Crippen molar-refractivity contribution >= 4 is 11.9 Å². The lowest BCUT2D eigenvalue weighted by Crippen LogP contribution is -2.45. The van der Waals surface area contributed by atoms with Gasteiger partial charge in [0.1, 0.15) is 0 Å². The molecular formula is C81H157NO5. The van der Waals surface area contributed by atoms with Crippen molar-refractivity contribution in [3.8, 4) is 0 Å². The standard InChI is InChI=1S/C81H157NO5/c1-3-5-7-9-11-13-15-17-19-21-23-24-34-38-41-45-49-53-57-61-65-69-73-79(84)78(77-83)82-80(85)74-70-66-62-58-54-50-46-42-39-35-32-30-28-26-25-27-29-31-33-36-40-44-48-52-56-60-64-68-72-76-87-81(86)75-71-67-63-59-55-51-47-43-37-22-20-18-16-14-12-10-8-6-4-2/h25,27,31,33,78-79,83-84H,3-24,26,28-30,32,34-77H2,1-2H3,(H,82,85)/b27-25-,33-31-. The van der Waals surface area contributed by atoms with Crippen molar-refractivity contribution in [2.45, 2.75) is 469 Å². The van der Waals surface area contributed by atoms with Gasteiger partial charge in [0.2, 0.25) is 5.91 Å². The third kappa shape index (κ3) is 73.3. The number of nitrogens with one attached hydrogen (secondary N) is 1. The number of carbonyl (C=O) groups excluding carboxylic acids is 2. The van der Waals surface area contributed by atoms with Gasteiger partial charge >= 0.3 is 5.97 Å². The summed E-state index contributed by atoms with van der Waals surface area (Å²) in [5, 5.41) is 23.5. The van der Waals surface area contributed by atoms with Gasteiger partial charge in [-0.25, -0.2) is 0 Å². The zero-order valence-corrected chi connectivity index (χ0v) is 59.3. The molecule has 0 saturated carbocycles. The average Bonchev–Trinajstić information content (AvgIpc) is 3.52. The molecule has 1 amide bonds. The molecule has 2 atom stereocenters. The number of esters is 1. The number of rotatable bonds is 76. The molecule has 6 heteroatoms. The van der Waals surface area contributed by atoms with Gasteiger partial charge in [0.05, 0.1) is 25.4 Å². The molecule has 2 unspecified atom stereocenters. The van der Waals surface area contributed by atoms with E-state index in [1.54, 1.807) is 0 Å². The number of unbranched alkanes of at least 4 members (excludes halogenated alkanes) is 61. The molecule has 0 spiro atoms. The van der Waals surface area contributed by atoms with Crippen molar-refractivity contribution in [1.29, 1.82) is 0 Å². The molecule has 0 saturated heterocycles. The van der Waals surface area contributed by atoms with Gasteiger partial charge in [-0.15, -0.1) is 0 Å². The summed E-state index contributed by atoms with van der Waals surface area (Å²) < 4.78 is 5.51. The Hall–Kier alpha value is -1.66. The first-order valence-electron chi connectivity index (χ1n) is 40.1. The maximum Gasteiger partial charge on any atom is 0.305 e. The highest BCUT2D eigenvalue weighted by molar-refractivity contribution is 5.76. The highest BCUT2D eigenvalue weighted by atomic mass is 16.5. The van der Waals surface area contributed by atoms with E-state index < -0.39 is 12.1 Å². The van der Waals surface area contributed by atoms with E-state index in [4.69, 9.17) is 4.74 Å². The number of aliphatic hydroxyl groups is 2. The predicted molar refractivity (Wildman–Crippen MR) is 384 cm³/mol. The van der Waals surface area contributed by atoms with Crippen LogP contribution in [0.4, 0.5) is 0 Å². The van der Waals surface area contributed by atoms with Gasteiger partial charge in [0.25, 0.3) is 0 Å². The predicted octanol–water partition coefficient (Wildman–Crippen LogP) is 26.4. The second-order valence-electron chi connectivity index (χ2n) is 27.8. The number of allylic oxidation sites excluding steroid dienone is 4. The number of amides is 1. The van der Waals surface area contributed by atoms with Crippen LogP contribution in [0.25, 0.3) is 0 Å². The minimum atomic E-state index is -0.666. The summed E-state index contributed by atoms with van der Waals surface area (Å²) in [4.78, 5) is 24.7. The molecule has 6 nitrogen and oxygen atoms in total. The summed E-state index contributed by atoms with van der Waals surface area (Å²) in [6.07, 6.45) is 98.4. The second kappa shape index (κ2) is 76.8. The molecule has 0 radical (unpaired) electrons. The maximum atomic E-state index is 12.6. The summed E-state index contributed by atoms with van der Waals surface area (Å²) in [7, 11) is 0. The average molecular weight is 1230 g/mol. The molecule has 0 aromatic heterocycles. The molecule has 0 rings (SSSR count). The van der Waals surface area contributed by atoms with Crippen LogP contribution in [0, 0.1) is 0 Å². The number of carbonyl (C=O) groups is 2. The molecule has 0 aliphatic carbocycles. The van der Waals surface area contributed by atoms with E-state index in [0.29, 0.717) is 25.9 Å². The first-order valence-corrected chi connectivity index (χ1v) is 40.1. The summed E-state index contributed by atoms with van der Waals surface area (Å²) in [5.41, 5.74) is 0. The molecule has 3 N–H and O–H groups in total. The SMILES string of the molecule is CCCCCCCCCCCCCCCCCCCCCCCCC(O)C(CO)NC(=O)CCCCCCCCCCCCCCC/C=C\C/C=C\CCCCCCCCCCCOC(=O)CCCCCCCCCCCCCCCCCCCCC. The van der Waals surface area contributed by atoms with Gasteiger partial charge in [-0.3, -0.25) is 9.59 Å². The Morgan fingerprint density at radius 3 is 0.874 bits per heavy atom. The highest BCUT2D eigenvalue weighted by Crippen LogP contribution is 2.20. The molecule has 0 heterocycles. The van der Waals surface area contributed by atoms with Crippen molar-refractivity contribution in [2.24, 2.45) is 0 Å². The molecule has 0 aliphatic heterocycles. The lowest BCUT2D eigenvalue weighted by Gasteiger charge is -2.22. The first kappa shape index (κ1) is 85.3. The van der Waals surface area contributed by atoms with Gasteiger partial charge in [0, 0.05) is 12.8 Å². The van der Waals surface area contributed by atoms with Gasteiger partial charge in [-0.2, -0.15) is 0 Å². The van der Waals surface area contributed by atoms with Crippen LogP contribution in [0.5, 0.6) is 0 Å². The van der Waals surface area contributed by atoms with E-state index in [1.807, 2.05) is 0 Å². The van der Waals surface area contributed by atoms with E-state index in [-0.39, 0.29) is 18.5 Å². The lowest BCUT2D eigenvalue weighted by atomic mass is 10.0. The van der Waals surface area contributed by atoms with E-state index in [1.165, 1.54) is 379 Å². The van der Waals surface area contributed by atoms with Crippen LogP contribution < -0.4 is 5.32 Å². The van der Waals surface area contributed by atoms with Gasteiger partial charge in [-0.1, -0.05) is 411 Å². The van der Waals surface area contributed by atoms with E-state index in [2.05, 4.69) is 43.5 Å². The number of hydrogen-bond acceptors (Lipinski definition) is 5. The fraction of sp³-hybridized carbons (Fsp3) is 0.926. The Balaban J connectivity index is 3.38. The Morgan fingerprint density at radius 1 is 0.322 bits per heavy atom. The van der Waals surface area contributed by atoms with Crippen LogP contribution in [-0.2, 0) is 14.3 Å². The van der Waals surface area contributed by atoms with E-state index in [0.717, 1.165) is 44.9 Å². The van der Waals surface area contributed by atoms with Crippen molar-refractivity contribution in [1.82, 2.24) is 5.32 Å². The third-order valence-electron chi connectivity index (χ3n) is 19.0. The van der Waals surface area contributed by atoms with E-state index in [9.17, 15) is 19.8 Å². The molecule has 0 aliphatic rings. The summed E-state index contributed by atoms with van der Waals surface area (Å²) in [6.45, 7) is 5.01. The Labute approximate surface area is 545 Å². The smallest absolute Gasteiger partial charge is 0.305 e. The summed E-state index contributed by atoms with van der Waals surface area (Å²) in [5.74, 6) is -0.0126. The number of ether oxygens (including phenoxy) is 1. The van der Waals surface area contributed by atoms with Gasteiger partial charge < -0.3 is 20.3 Å². The molecule has 0 bridgehead atoms. The van der Waals surface area contributed by atoms with Crippen LogP contribution in [0.2, 0.25) is 0 Å². The monoisotopic (exact) mass is 1220 g/mol. The third-order valence-corrected chi connectivity index (χ3v) is 19.0. The quantitative estimate of drug-likeness (QED) is 0.0320. The lowest BCUT2D eigenvalue weighted by molar-refractivity contribution is -0.143. The summed E-state index contributed by atoms with van der Waals surface area (Å²) >= 11 is 0. The second-order valence-corrected chi connectivity index (χ2v) is 27.8. The number of hydrogen-bond donors (Lipinski definition) is 3.